The number of benzene rings is 1. The summed E-state index contributed by atoms with van der Waals surface area (Å²) in [7, 11) is 0. The number of carbonyl (C=O) groups excluding carboxylic acids is 1. The van der Waals surface area contributed by atoms with Crippen LogP contribution in [0.1, 0.15) is 31.5 Å². The molecule has 0 atom stereocenters. The number of thiazole rings is 1. The number of hydrogen-bond acceptors (Lipinski definition) is 4. The lowest BCUT2D eigenvalue weighted by molar-refractivity contribution is 0.0984. The molecule has 0 aliphatic rings. The van der Waals surface area contributed by atoms with Crippen molar-refractivity contribution in [1.29, 1.82) is 0 Å². The molecule has 0 amide bonds. The summed E-state index contributed by atoms with van der Waals surface area (Å²) in [6.07, 6.45) is 8.55. The molecular formula is C22H19N3OS. The van der Waals surface area contributed by atoms with Crippen LogP contribution >= 0.6 is 11.3 Å². The lowest BCUT2D eigenvalue weighted by atomic mass is 10.1. The largest absolute Gasteiger partial charge is 0.341 e. The molecule has 0 saturated heterocycles. The van der Waals surface area contributed by atoms with Gasteiger partial charge in [0.05, 0.1) is 12.1 Å². The van der Waals surface area contributed by atoms with E-state index in [4.69, 9.17) is 0 Å². The average Bonchev–Trinajstić information content (AvgIpc) is 3.33. The fraction of sp³-hybridized carbons (Fsp3) is 0.136. The number of aromatic nitrogens is 3. The van der Waals surface area contributed by atoms with Gasteiger partial charge in [0.25, 0.3) is 0 Å². The van der Waals surface area contributed by atoms with E-state index in [1.165, 1.54) is 10.4 Å². The summed E-state index contributed by atoms with van der Waals surface area (Å²) in [6, 6.07) is 18.0. The quantitative estimate of drug-likeness (QED) is 0.451. The molecule has 0 aliphatic carbocycles. The van der Waals surface area contributed by atoms with Crippen molar-refractivity contribution in [2.75, 3.05) is 0 Å². The second kappa shape index (κ2) is 8.10. The zero-order valence-corrected chi connectivity index (χ0v) is 15.6. The second-order valence-corrected chi connectivity index (χ2v) is 7.56. The minimum Gasteiger partial charge on any atom is -0.341 e. The lowest BCUT2D eigenvalue weighted by Gasteiger charge is -2.08. The topological polar surface area (TPSA) is 47.8 Å². The molecular weight excluding hydrogens is 354 g/mol. The van der Waals surface area contributed by atoms with E-state index in [9.17, 15) is 4.79 Å². The molecule has 3 heterocycles. The number of pyridine rings is 1. The van der Waals surface area contributed by atoms with Gasteiger partial charge in [-0.25, -0.2) is 4.98 Å². The Morgan fingerprint density at radius 2 is 1.78 bits per heavy atom. The van der Waals surface area contributed by atoms with Gasteiger partial charge in [0.1, 0.15) is 5.01 Å². The van der Waals surface area contributed by atoms with Gasteiger partial charge in [0.2, 0.25) is 0 Å². The van der Waals surface area contributed by atoms with E-state index in [1.807, 2.05) is 59.4 Å². The lowest BCUT2D eigenvalue weighted by Crippen LogP contribution is -2.11. The van der Waals surface area contributed by atoms with Crippen molar-refractivity contribution in [3.63, 3.8) is 0 Å². The molecule has 0 fully saturated rings. The zero-order chi connectivity index (χ0) is 18.5. The standard InChI is InChI=1S/C22H19N3OS/c26-21(20-7-4-12-25(20)16-18-8-10-23-11-9-18)14-22-24-15-19(27-22)13-17-5-2-1-3-6-17/h1-12,15H,13-14,16H2. The Kier molecular flexibility index (Phi) is 5.21. The first-order chi connectivity index (χ1) is 13.3. The summed E-state index contributed by atoms with van der Waals surface area (Å²) in [6.45, 7) is 0.660. The van der Waals surface area contributed by atoms with Gasteiger partial charge in [0.15, 0.2) is 5.78 Å². The van der Waals surface area contributed by atoms with Gasteiger partial charge in [-0.05, 0) is 35.4 Å². The first-order valence-corrected chi connectivity index (χ1v) is 9.64. The molecule has 0 radical (unpaired) electrons. The molecule has 5 heteroatoms. The molecule has 27 heavy (non-hydrogen) atoms. The Morgan fingerprint density at radius 3 is 2.59 bits per heavy atom. The summed E-state index contributed by atoms with van der Waals surface area (Å²) in [4.78, 5) is 22.5. The summed E-state index contributed by atoms with van der Waals surface area (Å²) < 4.78 is 1.98. The molecule has 1 aromatic carbocycles. The van der Waals surface area contributed by atoms with Gasteiger partial charge in [-0.15, -0.1) is 11.3 Å². The molecule has 4 aromatic rings. The Hall–Kier alpha value is -3.05. The van der Waals surface area contributed by atoms with Gasteiger partial charge in [-0.2, -0.15) is 0 Å². The van der Waals surface area contributed by atoms with Crippen LogP contribution in [0, 0.1) is 0 Å². The molecule has 0 N–H and O–H groups in total. The first kappa shape index (κ1) is 17.4. The van der Waals surface area contributed by atoms with E-state index >= 15 is 0 Å². The number of carbonyl (C=O) groups is 1. The minimum absolute atomic E-state index is 0.0923. The van der Waals surface area contributed by atoms with E-state index in [2.05, 4.69) is 22.1 Å². The second-order valence-electron chi connectivity index (χ2n) is 6.36. The van der Waals surface area contributed by atoms with Crippen molar-refractivity contribution in [2.45, 2.75) is 19.4 Å². The molecule has 0 bridgehead atoms. The molecule has 4 rings (SSSR count). The maximum atomic E-state index is 12.8. The van der Waals surface area contributed by atoms with Crippen LogP contribution in [0.4, 0.5) is 0 Å². The molecule has 4 nitrogen and oxygen atoms in total. The maximum absolute atomic E-state index is 12.8. The zero-order valence-electron chi connectivity index (χ0n) is 14.8. The molecule has 0 unspecified atom stereocenters. The van der Waals surface area contributed by atoms with Crippen molar-refractivity contribution in [1.82, 2.24) is 14.5 Å². The summed E-state index contributed by atoms with van der Waals surface area (Å²) in [5.74, 6) is 0.0923. The Bertz CT molecular complexity index is 1020. The third kappa shape index (κ3) is 4.38. The third-order valence-corrected chi connectivity index (χ3v) is 5.35. The average molecular weight is 373 g/mol. The highest BCUT2D eigenvalue weighted by Crippen LogP contribution is 2.19. The summed E-state index contributed by atoms with van der Waals surface area (Å²) in [5.41, 5.74) is 3.09. The van der Waals surface area contributed by atoms with Crippen LogP contribution < -0.4 is 0 Å². The number of nitrogens with zero attached hydrogens (tertiary/aromatic N) is 3. The molecule has 0 saturated carbocycles. The predicted molar refractivity (Wildman–Crippen MR) is 107 cm³/mol. The van der Waals surface area contributed by atoms with Gasteiger partial charge >= 0.3 is 0 Å². The molecule has 134 valence electrons. The number of rotatable bonds is 7. The maximum Gasteiger partial charge on any atom is 0.186 e. The van der Waals surface area contributed by atoms with Crippen molar-refractivity contribution in [3.05, 3.63) is 106 Å². The summed E-state index contributed by atoms with van der Waals surface area (Å²) in [5, 5.41) is 0.864. The third-order valence-electron chi connectivity index (χ3n) is 4.35. The summed E-state index contributed by atoms with van der Waals surface area (Å²) >= 11 is 1.61. The van der Waals surface area contributed by atoms with E-state index in [0.29, 0.717) is 18.7 Å². The van der Waals surface area contributed by atoms with Crippen molar-refractivity contribution in [2.24, 2.45) is 0 Å². The van der Waals surface area contributed by atoms with Gasteiger partial charge in [-0.3, -0.25) is 9.78 Å². The van der Waals surface area contributed by atoms with Gasteiger partial charge in [-0.1, -0.05) is 30.3 Å². The van der Waals surface area contributed by atoms with Crippen molar-refractivity contribution < 1.29 is 4.79 Å². The Balaban J connectivity index is 1.44. The SMILES string of the molecule is O=C(Cc1ncc(Cc2ccccc2)s1)c1cccn1Cc1ccncc1. The van der Waals surface area contributed by atoms with Gasteiger partial charge < -0.3 is 4.57 Å². The molecule has 0 spiro atoms. The highest BCUT2D eigenvalue weighted by atomic mass is 32.1. The van der Waals surface area contributed by atoms with Crippen molar-refractivity contribution >= 4 is 17.1 Å². The highest BCUT2D eigenvalue weighted by molar-refractivity contribution is 7.11. The number of Topliss-reactive ketones (excluding diaryl/α,β-unsaturated/α-hetero) is 1. The van der Waals surface area contributed by atoms with Crippen LogP contribution in [0.3, 0.4) is 0 Å². The van der Waals surface area contributed by atoms with Crippen LogP contribution in [0.25, 0.3) is 0 Å². The van der Waals surface area contributed by atoms with E-state index < -0.39 is 0 Å². The monoisotopic (exact) mass is 373 g/mol. The van der Waals surface area contributed by atoms with Crippen LogP contribution in [0.5, 0.6) is 0 Å². The Morgan fingerprint density at radius 1 is 0.963 bits per heavy atom. The first-order valence-electron chi connectivity index (χ1n) is 8.83. The number of ketones is 1. The van der Waals surface area contributed by atoms with Gasteiger partial charge in [0, 0.05) is 42.6 Å². The van der Waals surface area contributed by atoms with Crippen molar-refractivity contribution in [3.8, 4) is 0 Å². The van der Waals surface area contributed by atoms with Crippen LogP contribution in [-0.4, -0.2) is 20.3 Å². The fourth-order valence-electron chi connectivity index (χ4n) is 3.03. The molecule has 0 aliphatic heterocycles. The van der Waals surface area contributed by atoms with Crippen LogP contribution in [0.2, 0.25) is 0 Å². The van der Waals surface area contributed by atoms with Crippen LogP contribution in [0.15, 0.2) is 79.4 Å². The van der Waals surface area contributed by atoms with E-state index in [0.717, 1.165) is 17.0 Å². The van der Waals surface area contributed by atoms with E-state index in [1.54, 1.807) is 23.7 Å². The normalized spacial score (nSPS) is 10.8. The molecule has 3 aromatic heterocycles. The highest BCUT2D eigenvalue weighted by Gasteiger charge is 2.14. The van der Waals surface area contributed by atoms with Crippen LogP contribution in [-0.2, 0) is 19.4 Å². The van der Waals surface area contributed by atoms with E-state index in [-0.39, 0.29) is 5.78 Å². The number of hydrogen-bond donors (Lipinski definition) is 0. The predicted octanol–water partition coefficient (Wildman–Crippen LogP) is 4.40. The Labute approximate surface area is 162 Å². The fourth-order valence-corrected chi connectivity index (χ4v) is 3.98. The smallest absolute Gasteiger partial charge is 0.186 e. The minimum atomic E-state index is 0.0923.